The van der Waals surface area contributed by atoms with Crippen LogP contribution in [0.1, 0.15) is 44.2 Å². The van der Waals surface area contributed by atoms with Crippen molar-refractivity contribution >= 4 is 17.7 Å². The zero-order valence-electron chi connectivity index (χ0n) is 14.2. The SMILES string of the molecule is CCCCN1C(=O)CC[C@H](Sc2ccccc2)[C@H]1c1ccccc1. The molecule has 0 N–H and O–H groups in total. The van der Waals surface area contributed by atoms with E-state index in [9.17, 15) is 4.79 Å². The van der Waals surface area contributed by atoms with E-state index in [0.29, 0.717) is 17.6 Å². The van der Waals surface area contributed by atoms with Gasteiger partial charge in [0.15, 0.2) is 0 Å². The van der Waals surface area contributed by atoms with Gasteiger partial charge < -0.3 is 4.90 Å². The van der Waals surface area contributed by atoms with E-state index >= 15 is 0 Å². The number of rotatable bonds is 6. The monoisotopic (exact) mass is 339 g/mol. The van der Waals surface area contributed by atoms with Crippen LogP contribution in [0.5, 0.6) is 0 Å². The zero-order valence-corrected chi connectivity index (χ0v) is 15.0. The molecule has 2 nitrogen and oxygen atoms in total. The summed E-state index contributed by atoms with van der Waals surface area (Å²) in [5.41, 5.74) is 1.26. The fourth-order valence-corrected chi connectivity index (χ4v) is 4.69. The maximum atomic E-state index is 12.6. The minimum Gasteiger partial charge on any atom is -0.335 e. The van der Waals surface area contributed by atoms with Gasteiger partial charge in [-0.25, -0.2) is 0 Å². The summed E-state index contributed by atoms with van der Waals surface area (Å²) in [6.07, 6.45) is 3.79. The van der Waals surface area contributed by atoms with Crippen LogP contribution in [0.4, 0.5) is 0 Å². The van der Waals surface area contributed by atoms with Crippen molar-refractivity contribution in [3.8, 4) is 0 Å². The second kappa shape index (κ2) is 8.39. The first-order chi connectivity index (χ1) is 11.8. The van der Waals surface area contributed by atoms with Crippen LogP contribution >= 0.6 is 11.8 Å². The van der Waals surface area contributed by atoms with Gasteiger partial charge in [-0.15, -0.1) is 11.8 Å². The second-order valence-electron chi connectivity index (χ2n) is 6.30. The molecule has 1 saturated heterocycles. The maximum Gasteiger partial charge on any atom is 0.223 e. The quantitative estimate of drug-likeness (QED) is 0.711. The molecule has 0 bridgehead atoms. The van der Waals surface area contributed by atoms with Crippen molar-refractivity contribution < 1.29 is 4.79 Å². The largest absolute Gasteiger partial charge is 0.335 e. The molecule has 1 aliphatic heterocycles. The maximum absolute atomic E-state index is 12.6. The van der Waals surface area contributed by atoms with Crippen LogP contribution in [-0.4, -0.2) is 22.6 Å². The number of thioether (sulfide) groups is 1. The number of likely N-dealkylation sites (tertiary alicyclic amines) is 1. The van der Waals surface area contributed by atoms with Crippen molar-refractivity contribution in [2.24, 2.45) is 0 Å². The van der Waals surface area contributed by atoms with Gasteiger partial charge in [0.25, 0.3) is 0 Å². The molecule has 0 aliphatic carbocycles. The summed E-state index contributed by atoms with van der Waals surface area (Å²) in [5.74, 6) is 0.308. The van der Waals surface area contributed by atoms with Crippen LogP contribution in [0, 0.1) is 0 Å². The predicted molar refractivity (Wildman–Crippen MR) is 101 cm³/mol. The smallest absolute Gasteiger partial charge is 0.223 e. The number of carbonyl (C=O) groups is 1. The van der Waals surface area contributed by atoms with Crippen molar-refractivity contribution in [2.75, 3.05) is 6.54 Å². The summed E-state index contributed by atoms with van der Waals surface area (Å²) in [7, 11) is 0. The van der Waals surface area contributed by atoms with Crippen LogP contribution in [0.25, 0.3) is 0 Å². The lowest BCUT2D eigenvalue weighted by atomic mass is 9.94. The summed E-state index contributed by atoms with van der Waals surface area (Å²) in [5, 5.41) is 0.407. The molecule has 1 aliphatic rings. The summed E-state index contributed by atoms with van der Waals surface area (Å²) >= 11 is 1.91. The van der Waals surface area contributed by atoms with Crippen LogP contribution in [0.15, 0.2) is 65.6 Å². The van der Waals surface area contributed by atoms with Gasteiger partial charge in [-0.3, -0.25) is 4.79 Å². The molecule has 1 fully saturated rings. The van der Waals surface area contributed by atoms with E-state index in [1.165, 1.54) is 10.5 Å². The Morgan fingerprint density at radius 2 is 1.71 bits per heavy atom. The number of nitrogens with zero attached hydrogens (tertiary/aromatic N) is 1. The van der Waals surface area contributed by atoms with Gasteiger partial charge in [-0.2, -0.15) is 0 Å². The molecule has 2 atom stereocenters. The number of carbonyl (C=O) groups excluding carboxylic acids is 1. The normalized spacial score (nSPS) is 21.0. The minimum atomic E-state index is 0.171. The molecular formula is C21H25NOS. The van der Waals surface area contributed by atoms with Gasteiger partial charge in [-0.1, -0.05) is 61.9 Å². The number of hydrogen-bond acceptors (Lipinski definition) is 2. The van der Waals surface area contributed by atoms with E-state index in [1.54, 1.807) is 0 Å². The Labute approximate surface area is 149 Å². The van der Waals surface area contributed by atoms with Crippen LogP contribution in [0.2, 0.25) is 0 Å². The average molecular weight is 340 g/mol. The number of amides is 1. The van der Waals surface area contributed by atoms with E-state index in [1.807, 2.05) is 17.8 Å². The third kappa shape index (κ3) is 4.02. The topological polar surface area (TPSA) is 20.3 Å². The number of hydrogen-bond donors (Lipinski definition) is 0. The third-order valence-corrected chi connectivity index (χ3v) is 5.92. The van der Waals surface area contributed by atoms with Gasteiger partial charge in [-0.05, 0) is 30.5 Å². The summed E-state index contributed by atoms with van der Waals surface area (Å²) in [4.78, 5) is 16.0. The lowest BCUT2D eigenvalue weighted by Crippen LogP contribution is -2.44. The fraction of sp³-hybridized carbons (Fsp3) is 0.381. The van der Waals surface area contributed by atoms with E-state index in [2.05, 4.69) is 66.4 Å². The van der Waals surface area contributed by atoms with E-state index in [-0.39, 0.29) is 6.04 Å². The van der Waals surface area contributed by atoms with Gasteiger partial charge in [0.1, 0.15) is 0 Å². The highest BCUT2D eigenvalue weighted by atomic mass is 32.2. The predicted octanol–water partition coefficient (Wildman–Crippen LogP) is 5.31. The standard InChI is InChI=1S/C21H25NOS/c1-2-3-16-22-20(23)15-14-19(24-18-12-8-5-9-13-18)21(22)17-10-6-4-7-11-17/h4-13,19,21H,2-3,14-16H2,1H3/t19-,21+/m0/s1. The first-order valence-corrected chi connectivity index (χ1v) is 9.73. The van der Waals surface area contributed by atoms with Crippen molar-refractivity contribution in [3.63, 3.8) is 0 Å². The highest BCUT2D eigenvalue weighted by Gasteiger charge is 2.36. The Morgan fingerprint density at radius 1 is 1.04 bits per heavy atom. The molecule has 0 saturated carbocycles. The first-order valence-electron chi connectivity index (χ1n) is 8.85. The van der Waals surface area contributed by atoms with Crippen molar-refractivity contribution in [1.29, 1.82) is 0 Å². The van der Waals surface area contributed by atoms with Gasteiger partial charge in [0, 0.05) is 23.1 Å². The lowest BCUT2D eigenvalue weighted by Gasteiger charge is -2.41. The number of benzene rings is 2. The molecule has 2 aromatic carbocycles. The Morgan fingerprint density at radius 3 is 2.38 bits per heavy atom. The Balaban J connectivity index is 1.89. The Bertz CT molecular complexity index is 643. The summed E-state index contributed by atoms with van der Waals surface area (Å²) < 4.78 is 0. The molecule has 0 unspecified atom stereocenters. The van der Waals surface area contributed by atoms with Gasteiger partial charge in [0.2, 0.25) is 5.91 Å². The molecule has 126 valence electrons. The third-order valence-electron chi connectivity index (χ3n) is 4.58. The van der Waals surface area contributed by atoms with Gasteiger partial charge >= 0.3 is 0 Å². The van der Waals surface area contributed by atoms with E-state index < -0.39 is 0 Å². The second-order valence-corrected chi connectivity index (χ2v) is 7.62. The molecular weight excluding hydrogens is 314 g/mol. The summed E-state index contributed by atoms with van der Waals surface area (Å²) in [6, 6.07) is 21.3. The molecule has 2 aromatic rings. The average Bonchev–Trinajstić information content (AvgIpc) is 2.63. The van der Waals surface area contributed by atoms with E-state index in [4.69, 9.17) is 0 Å². The molecule has 1 amide bonds. The van der Waals surface area contributed by atoms with E-state index in [0.717, 1.165) is 25.8 Å². The molecule has 0 radical (unpaired) electrons. The highest BCUT2D eigenvalue weighted by molar-refractivity contribution is 8.00. The van der Waals surface area contributed by atoms with Gasteiger partial charge in [0.05, 0.1) is 6.04 Å². The number of piperidine rings is 1. The van der Waals surface area contributed by atoms with Crippen LogP contribution < -0.4 is 0 Å². The van der Waals surface area contributed by atoms with Crippen molar-refractivity contribution in [3.05, 3.63) is 66.2 Å². The van der Waals surface area contributed by atoms with Crippen molar-refractivity contribution in [2.45, 2.75) is 48.8 Å². The minimum absolute atomic E-state index is 0.171. The van der Waals surface area contributed by atoms with Crippen molar-refractivity contribution in [1.82, 2.24) is 4.90 Å². The van der Waals surface area contributed by atoms with Crippen LogP contribution in [0.3, 0.4) is 0 Å². The molecule has 3 rings (SSSR count). The zero-order chi connectivity index (χ0) is 16.8. The fourth-order valence-electron chi connectivity index (χ4n) is 3.36. The highest BCUT2D eigenvalue weighted by Crippen LogP contribution is 2.42. The molecule has 1 heterocycles. The van der Waals surface area contributed by atoms with Crippen LogP contribution in [-0.2, 0) is 4.79 Å². The summed E-state index contributed by atoms with van der Waals surface area (Å²) in [6.45, 7) is 3.04. The Hall–Kier alpha value is -1.74. The lowest BCUT2D eigenvalue weighted by molar-refractivity contribution is -0.136. The first kappa shape index (κ1) is 17.1. The molecule has 0 aromatic heterocycles. The number of unbranched alkanes of at least 4 members (excludes halogenated alkanes) is 1. The molecule has 24 heavy (non-hydrogen) atoms. The molecule has 3 heteroatoms. The Kier molecular flexibility index (Phi) is 5.97. The molecule has 0 spiro atoms.